The first-order chi connectivity index (χ1) is 68.3. The first-order valence-corrected chi connectivity index (χ1v) is 58.9. The van der Waals surface area contributed by atoms with Gasteiger partial charge in [-0.15, -0.1) is 0 Å². The van der Waals surface area contributed by atoms with Gasteiger partial charge >= 0.3 is 691 Å². The van der Waals surface area contributed by atoms with Crippen molar-refractivity contribution in [3.63, 3.8) is 0 Å². The van der Waals surface area contributed by atoms with E-state index in [0.29, 0.717) is 33.0 Å². The van der Waals surface area contributed by atoms with Crippen molar-refractivity contribution < 1.29 is 0 Å². The molecule has 6 aliphatic rings. The number of rotatable bonds is 8. The van der Waals surface area contributed by atoms with Crippen molar-refractivity contribution in [3.8, 4) is 156 Å². The molecule has 2 spiro atoms. The Morgan fingerprint density at radius 3 is 0.971 bits per heavy atom. The van der Waals surface area contributed by atoms with E-state index in [2.05, 4.69) is 473 Å². The normalized spacial score (nSPS) is 15.1. The zero-order valence-corrected chi connectivity index (χ0v) is 90.8. The van der Waals surface area contributed by atoms with Crippen LogP contribution in [-0.2, 0) is 10.8 Å². The van der Waals surface area contributed by atoms with E-state index in [0.717, 1.165) is 0 Å². The van der Waals surface area contributed by atoms with E-state index in [1.54, 1.807) is 17.6 Å². The molecule has 0 bridgehead atoms. The van der Waals surface area contributed by atoms with Crippen LogP contribution in [-0.4, -0.2) is 63.9 Å². The molecule has 0 amide bonds. The summed E-state index contributed by atoms with van der Waals surface area (Å²) in [7, 11) is 0. The van der Waals surface area contributed by atoms with Gasteiger partial charge in [0.1, 0.15) is 0 Å². The van der Waals surface area contributed by atoms with E-state index in [9.17, 15) is 0 Å². The third-order valence-corrected chi connectivity index (χ3v) is 44.4. The van der Waals surface area contributed by atoms with Gasteiger partial charge in [0, 0.05) is 0 Å². The standard InChI is InChI=1S/2C67H44Ge2/c68-61-34-9-5-19-44(61)42-18-11-17-41(38-42)43-24-12-26-48-55(43)39-56-46(50-28-14-29-51-47-21-6-10-35-62(47)69-66(50)51)25-13-27-49(56)63(48)54-30-15-33-59-65(54)53-23-4-8-32-58(53)67(59)57-31-7-3-22-52(57)64-45-20-2-1-16-40(45)36-37-60(64)67;68-60-34-11-7-21-46(60)43-20-4-3-19-42(43)44-25-13-27-48-54(44)39-55-45(47-29-16-36-62-66(47)52-24-8-12-35-61(52)69-62)26-14-28-49(55)63(48)53-30-15-33-58-65(53)51-23-6-10-32-57(51)67(58)56-31-9-5-22-50(56)64-41-18-2-1-17-40(41)37-38-59(64)67/h2*1-39H,69H2,68H3. The van der Waals surface area contributed by atoms with Crippen LogP contribution in [0.1, 0.15) is 44.5 Å². The summed E-state index contributed by atoms with van der Waals surface area (Å²) in [6.45, 7) is 0. The quantitative estimate of drug-likeness (QED) is 0.105. The Kier molecular flexibility index (Phi) is 18.2. The van der Waals surface area contributed by atoms with Gasteiger partial charge < -0.3 is 0 Å². The topological polar surface area (TPSA) is 0 Å². The van der Waals surface area contributed by atoms with E-state index < -0.39 is 41.7 Å². The second-order valence-electron chi connectivity index (χ2n) is 38.8. The van der Waals surface area contributed by atoms with Crippen LogP contribution < -0.4 is 26.4 Å². The van der Waals surface area contributed by atoms with Crippen molar-refractivity contribution in [2.75, 3.05) is 0 Å². The fourth-order valence-corrected chi connectivity index (χ4v) is 37.9. The monoisotopic (exact) mass is 1990 g/mol. The molecule has 30 rings (SSSR count). The third kappa shape index (κ3) is 11.5. The Morgan fingerprint density at radius 2 is 0.449 bits per heavy atom. The van der Waals surface area contributed by atoms with Crippen LogP contribution in [0.25, 0.3) is 220 Å². The van der Waals surface area contributed by atoms with Gasteiger partial charge in [-0.3, -0.25) is 0 Å². The van der Waals surface area contributed by atoms with E-state index >= 15 is 0 Å². The Hall–Kier alpha value is -15.0. The molecule has 24 aromatic carbocycles. The molecule has 4 heteroatoms. The van der Waals surface area contributed by atoms with Crippen molar-refractivity contribution >= 4 is 155 Å². The van der Waals surface area contributed by atoms with Gasteiger partial charge in [-0.1, -0.05) is 115 Å². The minimum atomic E-state index is -1.26. The van der Waals surface area contributed by atoms with Crippen molar-refractivity contribution in [2.45, 2.75) is 10.8 Å². The Bertz CT molecular complexity index is 9480. The van der Waals surface area contributed by atoms with Crippen LogP contribution in [0.5, 0.6) is 0 Å². The van der Waals surface area contributed by atoms with Crippen LogP contribution in [0, 0.1) is 0 Å². The van der Waals surface area contributed by atoms with Gasteiger partial charge in [0.25, 0.3) is 0 Å². The van der Waals surface area contributed by atoms with E-state index in [4.69, 9.17) is 0 Å². The molecule has 2 aliphatic heterocycles. The Balaban J connectivity index is 0.000000133. The first-order valence-electron chi connectivity index (χ1n) is 48.8. The minimum absolute atomic E-state index is 0.472. The van der Waals surface area contributed by atoms with Crippen LogP contribution in [0.3, 0.4) is 0 Å². The van der Waals surface area contributed by atoms with E-state index in [1.807, 2.05) is 0 Å². The summed E-state index contributed by atoms with van der Waals surface area (Å²) in [4.78, 5) is 0. The molecule has 138 heavy (non-hydrogen) atoms. The number of hydrogen-bond acceptors (Lipinski definition) is 0. The molecule has 4 aliphatic carbocycles. The molecule has 0 saturated carbocycles. The summed E-state index contributed by atoms with van der Waals surface area (Å²) in [6.07, 6.45) is 0. The molecule has 2 unspecified atom stereocenters. The fraction of sp³-hybridized carbons (Fsp3) is 0.0149. The molecule has 0 N–H and O–H groups in total. The molecule has 640 valence electrons. The fourth-order valence-electron chi connectivity index (χ4n) is 26.6. The van der Waals surface area contributed by atoms with Crippen LogP contribution >= 0.6 is 0 Å². The van der Waals surface area contributed by atoms with Gasteiger partial charge in [0.15, 0.2) is 0 Å². The molecule has 0 aromatic heterocycles. The predicted octanol–water partition coefficient (Wildman–Crippen LogP) is 26.5. The second-order valence-corrected chi connectivity index (χ2v) is 51.0. The molecular weight excluding hydrogens is 1900 g/mol. The number of hydrogen-bond donors (Lipinski definition) is 0. The van der Waals surface area contributed by atoms with Crippen LogP contribution in [0.4, 0.5) is 0 Å². The third-order valence-electron chi connectivity index (χ3n) is 32.2. The molecule has 0 fully saturated rings. The Labute approximate surface area is 831 Å². The van der Waals surface area contributed by atoms with Gasteiger partial charge in [-0.25, -0.2) is 0 Å². The summed E-state index contributed by atoms with van der Waals surface area (Å²) in [5.74, 6) is 0. The van der Waals surface area contributed by atoms with Crippen molar-refractivity contribution in [1.82, 2.24) is 0 Å². The van der Waals surface area contributed by atoms with Crippen molar-refractivity contribution in [2.24, 2.45) is 0 Å². The first kappa shape index (κ1) is 80.3. The molecule has 0 nitrogen and oxygen atoms in total. The summed E-state index contributed by atoms with van der Waals surface area (Å²) >= 11 is -1.30. The summed E-state index contributed by atoms with van der Waals surface area (Å²) < 4.78 is 9.31. The van der Waals surface area contributed by atoms with Gasteiger partial charge in [0.05, 0.1) is 0 Å². The number of fused-ring (bicyclic) bond motifs is 34. The molecular formula is C134H88Ge4. The van der Waals surface area contributed by atoms with Crippen molar-refractivity contribution in [1.29, 1.82) is 0 Å². The second kappa shape index (κ2) is 31.3. The number of benzene rings is 24. The summed E-state index contributed by atoms with van der Waals surface area (Å²) in [6, 6.07) is 182. The molecule has 24 aromatic rings. The van der Waals surface area contributed by atoms with Gasteiger partial charge in [0.2, 0.25) is 0 Å². The van der Waals surface area contributed by atoms with Crippen LogP contribution in [0.15, 0.2) is 473 Å². The predicted molar refractivity (Wildman–Crippen MR) is 600 cm³/mol. The summed E-state index contributed by atoms with van der Waals surface area (Å²) in [5.41, 5.74) is 47.4. The molecule has 0 radical (unpaired) electrons. The average molecular weight is 1990 g/mol. The van der Waals surface area contributed by atoms with Crippen molar-refractivity contribution in [3.05, 3.63) is 518 Å². The van der Waals surface area contributed by atoms with E-state index in [-0.39, 0.29) is 0 Å². The molecule has 2 heterocycles. The average Bonchev–Trinajstić information content (AvgIpc) is 1.50. The maximum atomic E-state index is 2.56. The molecule has 0 saturated heterocycles. The van der Waals surface area contributed by atoms with Gasteiger partial charge in [-0.05, 0) is 32.7 Å². The maximum absolute atomic E-state index is 2.56. The zero-order valence-electron chi connectivity index (χ0n) is 76.4. The Morgan fingerprint density at radius 1 is 0.145 bits per heavy atom. The summed E-state index contributed by atoms with van der Waals surface area (Å²) in [5, 5.41) is 15.5. The van der Waals surface area contributed by atoms with Gasteiger partial charge in [-0.2, -0.15) is 0 Å². The zero-order chi connectivity index (χ0) is 90.7. The SMILES string of the molecule is [GeH3][c]1ccccc1-c1cccc(-c2cccc3c(-c4cccc5c4-c4ccccc4C54c5ccccc5-c5c4ccc4ccccc54)c4cccc(-c5cccc6[c]5[GeH2][c]5ccccc5-6)c4cc23)c1.[GeH3][c]1ccccc1-c1ccccc1-c1cccc2c(-c3cccc4c3-c3ccccc3C43c4ccccc4-c4c3ccc3ccccc43)c3cccc(-c4ccc[c]5c4-c4cccc[c]4[GeH2]5)c3cc12. The van der Waals surface area contributed by atoms with Crippen LogP contribution in [0.2, 0.25) is 0 Å². The molecule has 2 atom stereocenters. The van der Waals surface area contributed by atoms with E-state index in [1.165, 1.54) is 274 Å².